The van der Waals surface area contributed by atoms with E-state index in [0.717, 1.165) is 31.4 Å². The van der Waals surface area contributed by atoms with Crippen LogP contribution in [0.4, 0.5) is 10.5 Å². The molecule has 3 rings (SSSR count). The van der Waals surface area contributed by atoms with Crippen LogP contribution in [0.3, 0.4) is 0 Å². The Hall–Kier alpha value is -1.71. The van der Waals surface area contributed by atoms with E-state index in [2.05, 4.69) is 0 Å². The quantitative estimate of drug-likeness (QED) is 0.796. The van der Waals surface area contributed by atoms with Crippen molar-refractivity contribution in [3.63, 3.8) is 0 Å². The monoisotopic (exact) mass is 232 g/mol. The number of nitrogens with two attached hydrogens (primary N) is 1. The summed E-state index contributed by atoms with van der Waals surface area (Å²) in [5.74, 6) is 0. The van der Waals surface area contributed by atoms with Crippen LogP contribution >= 0.6 is 0 Å². The van der Waals surface area contributed by atoms with Crippen LogP contribution in [0.5, 0.6) is 0 Å². The van der Waals surface area contributed by atoms with Crippen LogP contribution in [0, 0.1) is 0 Å². The van der Waals surface area contributed by atoms with E-state index < -0.39 is 0 Å². The molecule has 90 valence electrons. The summed E-state index contributed by atoms with van der Waals surface area (Å²) < 4.78 is 5.47. The number of nitrogen functional groups attached to an aromatic ring is 1. The largest absolute Gasteiger partial charge is 0.441 e. The third-order valence-corrected chi connectivity index (χ3v) is 3.44. The molecule has 1 atom stereocenters. The number of amides is 1. The first-order valence-electron chi connectivity index (χ1n) is 6.07. The first-order valence-corrected chi connectivity index (χ1v) is 6.07. The van der Waals surface area contributed by atoms with E-state index in [0.29, 0.717) is 11.7 Å². The van der Waals surface area contributed by atoms with Crippen LogP contribution in [0.25, 0.3) is 0 Å². The normalized spacial score (nSPS) is 24.6. The summed E-state index contributed by atoms with van der Waals surface area (Å²) >= 11 is 0. The van der Waals surface area contributed by atoms with E-state index in [4.69, 9.17) is 10.5 Å². The minimum atomic E-state index is -0.188. The highest BCUT2D eigenvalue weighted by atomic mass is 16.6. The fraction of sp³-hybridized carbons (Fsp3) is 0.462. The molecule has 1 saturated carbocycles. The van der Waals surface area contributed by atoms with Gasteiger partial charge >= 0.3 is 6.09 Å². The summed E-state index contributed by atoms with van der Waals surface area (Å²) in [6.07, 6.45) is 2.70. The summed E-state index contributed by atoms with van der Waals surface area (Å²) in [5.41, 5.74) is 7.53. The van der Waals surface area contributed by atoms with Crippen LogP contribution in [0.1, 0.15) is 30.9 Å². The molecule has 1 heterocycles. The molecule has 0 radical (unpaired) electrons. The molecule has 0 aromatic heterocycles. The lowest BCUT2D eigenvalue weighted by molar-refractivity contribution is 0.0220. The van der Waals surface area contributed by atoms with E-state index in [1.165, 1.54) is 0 Å². The Balaban J connectivity index is 1.75. The zero-order chi connectivity index (χ0) is 11.8. The van der Waals surface area contributed by atoms with E-state index in [-0.39, 0.29) is 12.2 Å². The molecule has 1 aliphatic carbocycles. The zero-order valence-electron chi connectivity index (χ0n) is 9.63. The highest BCUT2D eigenvalue weighted by molar-refractivity contribution is 5.70. The van der Waals surface area contributed by atoms with Crippen molar-refractivity contribution in [3.05, 3.63) is 29.8 Å². The SMILES string of the molecule is Nc1ccccc1C1CCN(C2CC2)C(=O)O1. The summed E-state index contributed by atoms with van der Waals surface area (Å²) in [5, 5.41) is 0. The molecular weight excluding hydrogens is 216 g/mol. The molecule has 4 heteroatoms. The number of ether oxygens (including phenoxy) is 1. The van der Waals surface area contributed by atoms with Crippen molar-refractivity contribution in [2.24, 2.45) is 0 Å². The van der Waals surface area contributed by atoms with Gasteiger partial charge in [0, 0.05) is 30.3 Å². The lowest BCUT2D eigenvalue weighted by atomic mass is 10.0. The van der Waals surface area contributed by atoms with Crippen LogP contribution < -0.4 is 5.73 Å². The Labute approximate surface area is 100 Å². The van der Waals surface area contributed by atoms with Crippen LogP contribution in [-0.4, -0.2) is 23.6 Å². The second-order valence-electron chi connectivity index (χ2n) is 4.71. The molecule has 1 unspecified atom stereocenters. The molecule has 0 spiro atoms. The highest BCUT2D eigenvalue weighted by Gasteiger charge is 2.38. The van der Waals surface area contributed by atoms with Gasteiger partial charge in [-0.15, -0.1) is 0 Å². The Morgan fingerprint density at radius 3 is 2.65 bits per heavy atom. The number of cyclic esters (lactones) is 1. The number of nitrogens with zero attached hydrogens (tertiary/aromatic N) is 1. The van der Waals surface area contributed by atoms with Gasteiger partial charge in [-0.05, 0) is 18.9 Å². The van der Waals surface area contributed by atoms with Gasteiger partial charge in [0.25, 0.3) is 0 Å². The maximum absolute atomic E-state index is 11.8. The first-order chi connectivity index (χ1) is 8.25. The molecule has 1 amide bonds. The Morgan fingerprint density at radius 2 is 2.00 bits per heavy atom. The van der Waals surface area contributed by atoms with Crippen molar-refractivity contribution in [2.75, 3.05) is 12.3 Å². The smallest absolute Gasteiger partial charge is 0.410 e. The average molecular weight is 232 g/mol. The van der Waals surface area contributed by atoms with Crippen LogP contribution in [-0.2, 0) is 4.74 Å². The topological polar surface area (TPSA) is 55.6 Å². The molecule has 1 saturated heterocycles. The van der Waals surface area contributed by atoms with E-state index in [9.17, 15) is 4.79 Å². The van der Waals surface area contributed by atoms with Gasteiger partial charge in [0.2, 0.25) is 0 Å². The van der Waals surface area contributed by atoms with E-state index in [1.807, 2.05) is 29.2 Å². The van der Waals surface area contributed by atoms with Gasteiger partial charge < -0.3 is 15.4 Å². The van der Waals surface area contributed by atoms with Crippen molar-refractivity contribution >= 4 is 11.8 Å². The van der Waals surface area contributed by atoms with E-state index >= 15 is 0 Å². The maximum atomic E-state index is 11.8. The third-order valence-electron chi connectivity index (χ3n) is 3.44. The number of anilines is 1. The van der Waals surface area contributed by atoms with Gasteiger partial charge in [0.1, 0.15) is 6.10 Å². The molecule has 1 aliphatic heterocycles. The van der Waals surface area contributed by atoms with E-state index in [1.54, 1.807) is 0 Å². The third kappa shape index (κ3) is 1.95. The Morgan fingerprint density at radius 1 is 1.24 bits per heavy atom. The number of benzene rings is 1. The van der Waals surface area contributed by atoms with Crippen LogP contribution in [0.2, 0.25) is 0 Å². The minimum Gasteiger partial charge on any atom is -0.441 e. The summed E-state index contributed by atoms with van der Waals surface area (Å²) in [6, 6.07) is 8.01. The molecule has 17 heavy (non-hydrogen) atoms. The molecular formula is C13H16N2O2. The molecule has 0 bridgehead atoms. The number of carbonyl (C=O) groups excluding carboxylic acids is 1. The maximum Gasteiger partial charge on any atom is 0.410 e. The first kappa shape index (κ1) is 10.4. The molecule has 1 aromatic rings. The standard InChI is InChI=1S/C13H16N2O2/c14-11-4-2-1-3-10(11)12-7-8-15(9-5-6-9)13(16)17-12/h1-4,9,12H,5-8,14H2. The van der Waals surface area contributed by atoms with Gasteiger partial charge in [-0.2, -0.15) is 0 Å². The average Bonchev–Trinajstić information content (AvgIpc) is 3.13. The molecule has 4 nitrogen and oxygen atoms in total. The number of hydrogen-bond acceptors (Lipinski definition) is 3. The van der Waals surface area contributed by atoms with Gasteiger partial charge in [-0.25, -0.2) is 4.79 Å². The second kappa shape index (κ2) is 3.95. The zero-order valence-corrected chi connectivity index (χ0v) is 9.63. The molecule has 2 N–H and O–H groups in total. The molecule has 2 fully saturated rings. The van der Waals surface area contributed by atoms with Crippen molar-refractivity contribution in [2.45, 2.75) is 31.4 Å². The lowest BCUT2D eigenvalue weighted by Gasteiger charge is -2.32. The Bertz CT molecular complexity index is 443. The predicted molar refractivity (Wildman–Crippen MR) is 64.4 cm³/mol. The minimum absolute atomic E-state index is 0.182. The molecule has 1 aromatic carbocycles. The van der Waals surface area contributed by atoms with Gasteiger partial charge in [-0.3, -0.25) is 0 Å². The van der Waals surface area contributed by atoms with Crippen LogP contribution in [0.15, 0.2) is 24.3 Å². The second-order valence-corrected chi connectivity index (χ2v) is 4.71. The fourth-order valence-corrected chi connectivity index (χ4v) is 2.34. The highest BCUT2D eigenvalue weighted by Crippen LogP contribution is 2.35. The molecule has 2 aliphatic rings. The summed E-state index contributed by atoms with van der Waals surface area (Å²) in [4.78, 5) is 13.7. The van der Waals surface area contributed by atoms with Crippen molar-refractivity contribution in [1.29, 1.82) is 0 Å². The number of rotatable bonds is 2. The van der Waals surface area contributed by atoms with Crippen molar-refractivity contribution in [3.8, 4) is 0 Å². The number of hydrogen-bond donors (Lipinski definition) is 1. The number of carbonyl (C=O) groups is 1. The van der Waals surface area contributed by atoms with Gasteiger partial charge in [0.05, 0.1) is 0 Å². The van der Waals surface area contributed by atoms with Gasteiger partial charge in [-0.1, -0.05) is 18.2 Å². The summed E-state index contributed by atoms with van der Waals surface area (Å²) in [6.45, 7) is 0.780. The predicted octanol–water partition coefficient (Wildman–Crippen LogP) is 2.31. The van der Waals surface area contributed by atoms with Crippen molar-refractivity contribution < 1.29 is 9.53 Å². The lowest BCUT2D eigenvalue weighted by Crippen LogP contribution is -2.40. The van der Waals surface area contributed by atoms with Gasteiger partial charge in [0.15, 0.2) is 0 Å². The number of para-hydroxylation sites is 1. The summed E-state index contributed by atoms with van der Waals surface area (Å²) in [7, 11) is 0. The Kier molecular flexibility index (Phi) is 2.42. The fourth-order valence-electron chi connectivity index (χ4n) is 2.34. The van der Waals surface area contributed by atoms with Crippen molar-refractivity contribution in [1.82, 2.24) is 4.90 Å².